The van der Waals surface area contributed by atoms with Crippen molar-refractivity contribution in [2.45, 2.75) is 45.8 Å². The van der Waals surface area contributed by atoms with Crippen LogP contribution in [0.15, 0.2) is 24.3 Å². The number of benzene rings is 1. The molecule has 0 radical (unpaired) electrons. The highest BCUT2D eigenvalue weighted by Crippen LogP contribution is 2.34. The molecule has 9 heteroatoms. The molecule has 3 N–H and O–H groups in total. The van der Waals surface area contributed by atoms with E-state index in [4.69, 9.17) is 26.8 Å². The first-order valence-electron chi connectivity index (χ1n) is 9.87. The van der Waals surface area contributed by atoms with E-state index in [-0.39, 0.29) is 12.0 Å². The number of nitrogens with zero attached hydrogens (tertiary/aromatic N) is 3. The SMILES string of the molecule is Cc1cc(N2CCCOCC2c2cc(NC(=O)OC(C)(C)C)ccc2Cl)nc(N)n1. The van der Waals surface area contributed by atoms with Crippen LogP contribution in [-0.4, -0.2) is 41.4 Å². The van der Waals surface area contributed by atoms with Gasteiger partial charge in [-0.2, -0.15) is 4.98 Å². The van der Waals surface area contributed by atoms with Crippen molar-refractivity contribution in [1.82, 2.24) is 9.97 Å². The zero-order chi connectivity index (χ0) is 21.9. The van der Waals surface area contributed by atoms with Gasteiger partial charge in [-0.3, -0.25) is 5.32 Å². The average molecular weight is 434 g/mol. The molecular formula is C21H28ClN5O3. The number of halogens is 1. The molecule has 1 aromatic heterocycles. The van der Waals surface area contributed by atoms with Crippen LogP contribution in [0.4, 0.5) is 22.2 Å². The number of hydrogen-bond acceptors (Lipinski definition) is 7. The van der Waals surface area contributed by atoms with E-state index in [0.29, 0.717) is 23.9 Å². The molecule has 2 heterocycles. The molecule has 0 spiro atoms. The summed E-state index contributed by atoms with van der Waals surface area (Å²) in [6, 6.07) is 7.03. The molecule has 0 aliphatic carbocycles. The van der Waals surface area contributed by atoms with Crippen molar-refractivity contribution in [3.63, 3.8) is 0 Å². The minimum absolute atomic E-state index is 0.200. The van der Waals surface area contributed by atoms with E-state index in [1.54, 1.807) is 12.1 Å². The van der Waals surface area contributed by atoms with E-state index in [1.165, 1.54) is 0 Å². The quantitative estimate of drug-likeness (QED) is 0.742. The second-order valence-electron chi connectivity index (χ2n) is 8.23. The number of ether oxygens (including phenoxy) is 2. The van der Waals surface area contributed by atoms with Crippen molar-refractivity contribution in [3.05, 3.63) is 40.5 Å². The molecule has 30 heavy (non-hydrogen) atoms. The number of amides is 1. The molecule has 1 fully saturated rings. The summed E-state index contributed by atoms with van der Waals surface area (Å²) in [7, 11) is 0. The maximum Gasteiger partial charge on any atom is 0.412 e. The van der Waals surface area contributed by atoms with Gasteiger partial charge in [-0.05, 0) is 57.9 Å². The first kappa shape index (κ1) is 22.1. The fourth-order valence-electron chi connectivity index (χ4n) is 3.33. The Morgan fingerprint density at radius 2 is 2.10 bits per heavy atom. The zero-order valence-corrected chi connectivity index (χ0v) is 18.5. The largest absolute Gasteiger partial charge is 0.444 e. The Kier molecular flexibility index (Phi) is 6.67. The van der Waals surface area contributed by atoms with Crippen LogP contribution in [0.1, 0.15) is 44.5 Å². The average Bonchev–Trinajstić information content (AvgIpc) is 2.87. The number of anilines is 3. The lowest BCUT2D eigenvalue weighted by molar-refractivity contribution is 0.0636. The first-order valence-corrected chi connectivity index (χ1v) is 10.3. The molecule has 1 saturated heterocycles. The van der Waals surface area contributed by atoms with Crippen LogP contribution >= 0.6 is 11.6 Å². The highest BCUT2D eigenvalue weighted by Gasteiger charge is 2.27. The van der Waals surface area contributed by atoms with Gasteiger partial charge in [-0.15, -0.1) is 0 Å². The Labute approximate surface area is 181 Å². The molecule has 162 valence electrons. The molecule has 1 aliphatic rings. The number of rotatable bonds is 3. The summed E-state index contributed by atoms with van der Waals surface area (Å²) in [6.07, 6.45) is 0.316. The number of nitrogen functional groups attached to an aromatic ring is 1. The fraction of sp³-hybridized carbons (Fsp3) is 0.476. The van der Waals surface area contributed by atoms with Gasteiger partial charge in [0.15, 0.2) is 0 Å². The summed E-state index contributed by atoms with van der Waals surface area (Å²) < 4.78 is 11.2. The molecule has 1 atom stereocenters. The minimum Gasteiger partial charge on any atom is -0.444 e. The molecule has 0 bridgehead atoms. The van der Waals surface area contributed by atoms with Crippen LogP contribution in [0, 0.1) is 6.92 Å². The number of carbonyl (C=O) groups excluding carboxylic acids is 1. The maximum atomic E-state index is 12.2. The number of hydrogen-bond donors (Lipinski definition) is 2. The van der Waals surface area contributed by atoms with Crippen molar-refractivity contribution in [2.75, 3.05) is 35.7 Å². The normalized spacial score (nSPS) is 17.4. The van der Waals surface area contributed by atoms with Gasteiger partial charge in [0, 0.05) is 35.6 Å². The van der Waals surface area contributed by atoms with Crippen molar-refractivity contribution in [2.24, 2.45) is 0 Å². The molecule has 1 amide bonds. The maximum absolute atomic E-state index is 12.2. The van der Waals surface area contributed by atoms with E-state index in [0.717, 1.165) is 30.0 Å². The second kappa shape index (κ2) is 9.06. The fourth-order valence-corrected chi connectivity index (χ4v) is 3.57. The molecule has 1 aromatic carbocycles. The molecule has 8 nitrogen and oxygen atoms in total. The summed E-state index contributed by atoms with van der Waals surface area (Å²) in [5.41, 5.74) is 7.49. The van der Waals surface area contributed by atoms with Crippen molar-refractivity contribution in [1.29, 1.82) is 0 Å². The number of carbonyl (C=O) groups is 1. The van der Waals surface area contributed by atoms with Crippen LogP contribution in [0.5, 0.6) is 0 Å². The third-order valence-corrected chi connectivity index (χ3v) is 4.84. The van der Waals surface area contributed by atoms with Gasteiger partial charge in [0.05, 0.1) is 12.6 Å². The predicted molar refractivity (Wildman–Crippen MR) is 118 cm³/mol. The summed E-state index contributed by atoms with van der Waals surface area (Å²) in [6.45, 7) is 9.12. The van der Waals surface area contributed by atoms with E-state index in [2.05, 4.69) is 20.2 Å². The van der Waals surface area contributed by atoms with Crippen LogP contribution in [0.2, 0.25) is 5.02 Å². The Morgan fingerprint density at radius 3 is 2.80 bits per heavy atom. The lowest BCUT2D eigenvalue weighted by Crippen LogP contribution is -2.32. The number of nitrogens with one attached hydrogen (secondary N) is 1. The van der Waals surface area contributed by atoms with E-state index >= 15 is 0 Å². The third kappa shape index (κ3) is 5.73. The Bertz CT molecular complexity index is 896. The summed E-state index contributed by atoms with van der Waals surface area (Å²) in [4.78, 5) is 22.9. The monoisotopic (exact) mass is 433 g/mol. The van der Waals surface area contributed by atoms with E-state index in [1.807, 2.05) is 39.8 Å². The summed E-state index contributed by atoms with van der Waals surface area (Å²) in [5.74, 6) is 0.942. The molecular weight excluding hydrogens is 406 g/mol. The van der Waals surface area contributed by atoms with Gasteiger partial charge in [-0.25, -0.2) is 9.78 Å². The van der Waals surface area contributed by atoms with Crippen molar-refractivity contribution < 1.29 is 14.3 Å². The van der Waals surface area contributed by atoms with Crippen LogP contribution in [0.3, 0.4) is 0 Å². The van der Waals surface area contributed by atoms with E-state index < -0.39 is 11.7 Å². The lowest BCUT2D eigenvalue weighted by Gasteiger charge is -2.31. The van der Waals surface area contributed by atoms with Crippen molar-refractivity contribution in [3.8, 4) is 0 Å². The standard InChI is InChI=1S/C21H28ClN5O3/c1-13-10-18(26-19(23)24-13)27-8-5-9-29-12-17(27)15-11-14(6-7-16(15)22)25-20(28)30-21(2,3)4/h6-7,10-11,17H,5,8-9,12H2,1-4H3,(H,25,28)(H2,23,24,26). The predicted octanol–water partition coefficient (Wildman–Crippen LogP) is 4.34. The van der Waals surface area contributed by atoms with Gasteiger partial charge in [0.1, 0.15) is 11.4 Å². The van der Waals surface area contributed by atoms with Crippen LogP contribution < -0.4 is 16.0 Å². The topological polar surface area (TPSA) is 103 Å². The van der Waals surface area contributed by atoms with Gasteiger partial charge < -0.3 is 20.1 Å². The first-order chi connectivity index (χ1) is 14.1. The molecule has 1 unspecified atom stereocenters. The van der Waals surface area contributed by atoms with Gasteiger partial charge in [0.25, 0.3) is 0 Å². The van der Waals surface area contributed by atoms with Crippen LogP contribution in [0.25, 0.3) is 0 Å². The zero-order valence-electron chi connectivity index (χ0n) is 17.7. The number of aryl methyl sites for hydroxylation is 1. The lowest BCUT2D eigenvalue weighted by atomic mass is 10.0. The molecule has 1 aliphatic heterocycles. The molecule has 3 rings (SSSR count). The third-order valence-electron chi connectivity index (χ3n) is 4.49. The number of aromatic nitrogens is 2. The molecule has 2 aromatic rings. The Hall–Kier alpha value is -2.58. The Balaban J connectivity index is 1.93. The smallest absolute Gasteiger partial charge is 0.412 e. The Morgan fingerprint density at radius 1 is 1.33 bits per heavy atom. The van der Waals surface area contributed by atoms with Gasteiger partial charge in [-0.1, -0.05) is 11.6 Å². The minimum atomic E-state index is -0.587. The van der Waals surface area contributed by atoms with Crippen molar-refractivity contribution >= 4 is 35.1 Å². The highest BCUT2D eigenvalue weighted by atomic mass is 35.5. The molecule has 0 saturated carbocycles. The van der Waals surface area contributed by atoms with Gasteiger partial charge >= 0.3 is 6.09 Å². The highest BCUT2D eigenvalue weighted by molar-refractivity contribution is 6.31. The van der Waals surface area contributed by atoms with Crippen LogP contribution in [-0.2, 0) is 9.47 Å². The summed E-state index contributed by atoms with van der Waals surface area (Å²) in [5, 5.41) is 3.34. The second-order valence-corrected chi connectivity index (χ2v) is 8.63. The summed E-state index contributed by atoms with van der Waals surface area (Å²) >= 11 is 6.56. The van der Waals surface area contributed by atoms with E-state index in [9.17, 15) is 4.79 Å². The number of nitrogens with two attached hydrogens (primary N) is 1. The van der Waals surface area contributed by atoms with Gasteiger partial charge in [0.2, 0.25) is 5.95 Å².